The van der Waals surface area contributed by atoms with Gasteiger partial charge >= 0.3 is 0 Å². The molecule has 0 fully saturated rings. The van der Waals surface area contributed by atoms with Crippen molar-refractivity contribution in [1.82, 2.24) is 0 Å². The van der Waals surface area contributed by atoms with Crippen molar-refractivity contribution in [3.63, 3.8) is 0 Å². The van der Waals surface area contributed by atoms with Crippen LogP contribution < -0.4 is 9.47 Å². The Hall–Kier alpha value is -4.62. The highest BCUT2D eigenvalue weighted by atomic mass is 16.6. The number of benzene rings is 4. The van der Waals surface area contributed by atoms with Crippen molar-refractivity contribution in [2.75, 3.05) is 13.2 Å². The van der Waals surface area contributed by atoms with E-state index in [1.54, 1.807) is 24.3 Å². The molecule has 0 spiro atoms. The fourth-order valence-electron chi connectivity index (χ4n) is 4.46. The third kappa shape index (κ3) is 5.68. The average Bonchev–Trinajstić information content (AvgIpc) is 2.96. The highest BCUT2D eigenvalue weighted by Gasteiger charge is 2.33. The van der Waals surface area contributed by atoms with Crippen molar-refractivity contribution in [1.29, 1.82) is 10.5 Å². The summed E-state index contributed by atoms with van der Waals surface area (Å²) >= 11 is 0. The lowest BCUT2D eigenvalue weighted by molar-refractivity contribution is -0.0552. The van der Waals surface area contributed by atoms with E-state index >= 15 is 0 Å². The summed E-state index contributed by atoms with van der Waals surface area (Å²) in [7, 11) is 0. The lowest BCUT2D eigenvalue weighted by Crippen LogP contribution is -2.44. The van der Waals surface area contributed by atoms with Gasteiger partial charge in [-0.25, -0.2) is 0 Å². The van der Waals surface area contributed by atoms with Gasteiger partial charge in [-0.15, -0.1) is 0 Å². The predicted octanol–water partition coefficient (Wildman–Crippen LogP) is 6.04. The minimum Gasteiger partial charge on any atom is -0.483 e. The number of fused-ring (bicyclic) bond motifs is 3. The first kappa shape index (κ1) is 25.0. The van der Waals surface area contributed by atoms with Gasteiger partial charge in [0.25, 0.3) is 0 Å². The summed E-state index contributed by atoms with van der Waals surface area (Å²) in [5, 5.41) is 19.8. The van der Waals surface area contributed by atoms with Crippen LogP contribution in [0.15, 0.2) is 97.1 Å². The molecule has 0 unspecified atom stereocenters. The first-order chi connectivity index (χ1) is 18.8. The third-order valence-electron chi connectivity index (χ3n) is 6.30. The Morgan fingerprint density at radius 3 is 1.37 bits per heavy atom. The summed E-state index contributed by atoms with van der Waals surface area (Å²) in [6.07, 6.45) is -1.08. The van der Waals surface area contributed by atoms with Gasteiger partial charge in [-0.05, 0) is 35.4 Å². The van der Waals surface area contributed by atoms with Crippen molar-refractivity contribution in [3.05, 3.63) is 119 Å². The van der Waals surface area contributed by atoms with Crippen molar-refractivity contribution in [2.24, 2.45) is 0 Å². The van der Waals surface area contributed by atoms with E-state index < -0.39 is 12.2 Å². The van der Waals surface area contributed by atoms with E-state index in [0.717, 1.165) is 11.1 Å². The fourth-order valence-corrected chi connectivity index (χ4v) is 4.46. The van der Waals surface area contributed by atoms with Gasteiger partial charge in [-0.2, -0.15) is 10.5 Å². The number of hydrogen-bond acceptors (Lipinski definition) is 6. The van der Waals surface area contributed by atoms with Crippen LogP contribution in [0, 0.1) is 22.7 Å². The van der Waals surface area contributed by atoms with Gasteiger partial charge < -0.3 is 18.9 Å². The quantitative estimate of drug-likeness (QED) is 0.292. The molecule has 0 saturated heterocycles. The number of nitriles is 2. The molecule has 6 heteroatoms. The zero-order valence-electron chi connectivity index (χ0n) is 20.7. The molecule has 0 aliphatic carbocycles. The Balaban J connectivity index is 1.47. The third-order valence-corrected chi connectivity index (χ3v) is 6.30. The smallest absolute Gasteiger partial charge is 0.161 e. The number of nitrogens with zero attached hydrogens (tertiary/aromatic N) is 2. The molecule has 1 heterocycles. The molecular formula is C32H26N2O4. The van der Waals surface area contributed by atoms with Crippen molar-refractivity contribution < 1.29 is 18.9 Å². The monoisotopic (exact) mass is 502 g/mol. The molecule has 188 valence electrons. The first-order valence-corrected chi connectivity index (χ1v) is 12.4. The van der Waals surface area contributed by atoms with Crippen LogP contribution in [0.25, 0.3) is 11.1 Å². The lowest BCUT2D eigenvalue weighted by Gasteiger charge is -2.32. The summed E-state index contributed by atoms with van der Waals surface area (Å²) in [6, 6.07) is 34.9. The number of hydrogen-bond donors (Lipinski definition) is 0. The minimum atomic E-state index is -0.541. The van der Waals surface area contributed by atoms with Crippen LogP contribution in [0.3, 0.4) is 0 Å². The molecule has 1 aliphatic rings. The van der Waals surface area contributed by atoms with Crippen LogP contribution >= 0.6 is 0 Å². The molecule has 0 N–H and O–H groups in total. The largest absolute Gasteiger partial charge is 0.483 e. The van der Waals surface area contributed by atoms with Crippen LogP contribution in [-0.2, 0) is 22.7 Å². The maximum atomic E-state index is 9.88. The Bertz CT molecular complexity index is 1350. The van der Waals surface area contributed by atoms with Crippen molar-refractivity contribution in [2.45, 2.75) is 25.4 Å². The lowest BCUT2D eigenvalue weighted by atomic mass is 9.93. The van der Waals surface area contributed by atoms with Gasteiger partial charge in [0.05, 0.1) is 49.7 Å². The van der Waals surface area contributed by atoms with E-state index in [9.17, 15) is 10.5 Å². The Kier molecular flexibility index (Phi) is 7.96. The molecular weight excluding hydrogens is 476 g/mol. The Morgan fingerprint density at radius 1 is 0.553 bits per heavy atom. The SMILES string of the molecule is N#Cc1cccc2c1-c1c(C#N)cccc1O[C@H](COCc1ccccc1)[C@@H](COCc1ccccc1)O2. The Labute approximate surface area is 222 Å². The van der Waals surface area contributed by atoms with Gasteiger partial charge in [-0.3, -0.25) is 0 Å². The second kappa shape index (κ2) is 12.1. The van der Waals surface area contributed by atoms with Crippen LogP contribution in [0.4, 0.5) is 0 Å². The first-order valence-electron chi connectivity index (χ1n) is 12.4. The van der Waals surface area contributed by atoms with E-state index in [-0.39, 0.29) is 13.2 Å². The second-order valence-corrected chi connectivity index (χ2v) is 8.90. The maximum Gasteiger partial charge on any atom is 0.161 e. The molecule has 38 heavy (non-hydrogen) atoms. The topological polar surface area (TPSA) is 84.5 Å². The molecule has 1 aliphatic heterocycles. The van der Waals surface area contributed by atoms with Crippen LogP contribution in [0.2, 0.25) is 0 Å². The molecule has 4 aromatic carbocycles. The second-order valence-electron chi connectivity index (χ2n) is 8.90. The summed E-state index contributed by atoms with van der Waals surface area (Å²) in [6.45, 7) is 1.30. The van der Waals surface area contributed by atoms with Crippen molar-refractivity contribution >= 4 is 0 Å². The van der Waals surface area contributed by atoms with E-state index in [2.05, 4.69) is 12.1 Å². The molecule has 6 nitrogen and oxygen atoms in total. The van der Waals surface area contributed by atoms with Gasteiger partial charge in [0, 0.05) is 11.1 Å². The minimum absolute atomic E-state index is 0.234. The van der Waals surface area contributed by atoms with E-state index in [1.165, 1.54) is 0 Å². The highest BCUT2D eigenvalue weighted by Crippen LogP contribution is 2.43. The average molecular weight is 503 g/mol. The van der Waals surface area contributed by atoms with Gasteiger partial charge in [-0.1, -0.05) is 72.8 Å². The van der Waals surface area contributed by atoms with Crippen LogP contribution in [-0.4, -0.2) is 25.4 Å². The fraction of sp³-hybridized carbons (Fsp3) is 0.188. The summed E-state index contributed by atoms with van der Waals surface area (Å²) < 4.78 is 25.2. The van der Waals surface area contributed by atoms with Crippen LogP contribution in [0.5, 0.6) is 11.5 Å². The van der Waals surface area contributed by atoms with Crippen LogP contribution in [0.1, 0.15) is 22.3 Å². The summed E-state index contributed by atoms with van der Waals surface area (Å²) in [5.74, 6) is 0.996. The Morgan fingerprint density at radius 2 is 0.974 bits per heavy atom. The number of ether oxygens (including phenoxy) is 4. The van der Waals surface area contributed by atoms with Gasteiger partial charge in [0.2, 0.25) is 0 Å². The molecule has 0 saturated carbocycles. The molecule has 5 rings (SSSR count). The van der Waals surface area contributed by atoms with E-state index in [1.807, 2.05) is 72.8 Å². The molecule has 0 bridgehead atoms. The van der Waals surface area contributed by atoms with Gasteiger partial charge in [0.1, 0.15) is 11.5 Å². The number of rotatable bonds is 8. The molecule has 2 atom stereocenters. The normalized spacial score (nSPS) is 15.8. The predicted molar refractivity (Wildman–Crippen MR) is 142 cm³/mol. The molecule has 4 aromatic rings. The molecule has 0 amide bonds. The summed E-state index contributed by atoms with van der Waals surface area (Å²) in [4.78, 5) is 0. The standard InChI is InChI=1S/C32H26N2O4/c33-17-25-13-7-15-27-31(25)32-26(18-34)14-8-16-28(32)38-30(22-36-20-24-11-5-2-6-12-24)29(37-27)21-35-19-23-9-3-1-4-10-23/h1-16,29-30H,19-22H2/t29-,30-/m1/s1. The van der Waals surface area contributed by atoms with Crippen molar-refractivity contribution in [3.8, 4) is 34.8 Å². The molecule has 0 aromatic heterocycles. The molecule has 0 radical (unpaired) electrons. The highest BCUT2D eigenvalue weighted by molar-refractivity contribution is 5.85. The van der Waals surface area contributed by atoms with E-state index in [4.69, 9.17) is 18.9 Å². The van der Waals surface area contributed by atoms with E-state index in [0.29, 0.717) is 47.0 Å². The maximum absolute atomic E-state index is 9.88. The summed E-state index contributed by atoms with van der Waals surface area (Å²) in [5.41, 5.74) is 3.98. The zero-order chi connectivity index (χ0) is 26.2. The zero-order valence-corrected chi connectivity index (χ0v) is 20.7. The van der Waals surface area contributed by atoms with Gasteiger partial charge in [0.15, 0.2) is 12.2 Å².